The van der Waals surface area contributed by atoms with Crippen molar-refractivity contribution in [2.75, 3.05) is 6.54 Å². The quantitative estimate of drug-likeness (QED) is 0.937. The van der Waals surface area contributed by atoms with Crippen LogP contribution in [0.1, 0.15) is 47.6 Å². The fourth-order valence-electron chi connectivity index (χ4n) is 3.15. The molecule has 0 fully saturated rings. The number of pyridine rings is 1. The van der Waals surface area contributed by atoms with Crippen LogP contribution in [-0.4, -0.2) is 32.1 Å². The maximum atomic E-state index is 12.8. The van der Waals surface area contributed by atoms with E-state index < -0.39 is 0 Å². The normalized spacial score (nSPS) is 17.1. The summed E-state index contributed by atoms with van der Waals surface area (Å²) >= 11 is 0. The number of carbonyl (C=O) groups is 1. The molecular formula is C16H20N4O2. The smallest absolute Gasteiger partial charge is 0.272 e. The predicted molar refractivity (Wildman–Crippen MR) is 82.7 cm³/mol. The van der Waals surface area contributed by atoms with Gasteiger partial charge >= 0.3 is 0 Å². The average Bonchev–Trinajstić information content (AvgIpc) is 2.87. The third-order valence-corrected chi connectivity index (χ3v) is 4.26. The molecule has 0 aromatic carbocycles. The monoisotopic (exact) mass is 300 g/mol. The summed E-state index contributed by atoms with van der Waals surface area (Å²) in [5.74, 6) is -0.149. The molecule has 0 unspecified atom stereocenters. The fraction of sp³-hybridized carbons (Fsp3) is 0.438. The van der Waals surface area contributed by atoms with Gasteiger partial charge in [0.15, 0.2) is 0 Å². The van der Waals surface area contributed by atoms with Crippen LogP contribution < -0.4 is 5.56 Å². The first kappa shape index (κ1) is 14.6. The molecule has 1 atom stereocenters. The molecule has 22 heavy (non-hydrogen) atoms. The van der Waals surface area contributed by atoms with E-state index in [1.54, 1.807) is 18.1 Å². The number of hydrogen-bond acceptors (Lipinski definition) is 3. The lowest BCUT2D eigenvalue weighted by Crippen LogP contribution is -2.37. The first-order valence-electron chi connectivity index (χ1n) is 7.62. The van der Waals surface area contributed by atoms with Crippen LogP contribution in [-0.2, 0) is 13.5 Å². The highest BCUT2D eigenvalue weighted by Gasteiger charge is 2.30. The number of fused-ring (bicyclic) bond motifs is 1. The van der Waals surface area contributed by atoms with Gasteiger partial charge in [0.1, 0.15) is 5.69 Å². The van der Waals surface area contributed by atoms with Crippen LogP contribution in [0.3, 0.4) is 0 Å². The zero-order valence-corrected chi connectivity index (χ0v) is 12.9. The van der Waals surface area contributed by atoms with Crippen LogP contribution in [0.15, 0.2) is 29.2 Å². The number of aryl methyl sites for hydroxylation is 2. The van der Waals surface area contributed by atoms with E-state index in [0.717, 1.165) is 25.0 Å². The molecule has 2 aromatic heterocycles. The Morgan fingerprint density at radius 2 is 2.36 bits per heavy atom. The highest BCUT2D eigenvalue weighted by Crippen LogP contribution is 2.33. The van der Waals surface area contributed by atoms with Gasteiger partial charge in [0.25, 0.3) is 11.5 Å². The molecule has 116 valence electrons. The minimum atomic E-state index is -0.207. The lowest BCUT2D eigenvalue weighted by molar-refractivity contribution is 0.0658. The molecule has 0 saturated heterocycles. The van der Waals surface area contributed by atoms with Crippen molar-refractivity contribution >= 4 is 5.91 Å². The molecule has 0 radical (unpaired) electrons. The molecule has 6 heteroatoms. The Bertz CT molecular complexity index is 747. The third kappa shape index (κ3) is 2.45. The van der Waals surface area contributed by atoms with E-state index in [-0.39, 0.29) is 17.5 Å². The Kier molecular flexibility index (Phi) is 3.83. The Hall–Kier alpha value is -2.37. The summed E-state index contributed by atoms with van der Waals surface area (Å²) in [6.07, 6.45) is 4.73. The minimum Gasteiger partial charge on any atom is -0.329 e. The van der Waals surface area contributed by atoms with Crippen LogP contribution in [0.5, 0.6) is 0 Å². The van der Waals surface area contributed by atoms with Crippen LogP contribution in [0.4, 0.5) is 0 Å². The summed E-state index contributed by atoms with van der Waals surface area (Å²) in [6.45, 7) is 2.53. The number of aromatic amines is 1. The Labute approximate surface area is 128 Å². The Morgan fingerprint density at radius 1 is 1.55 bits per heavy atom. The number of nitrogens with zero attached hydrogens (tertiary/aromatic N) is 3. The fourth-order valence-corrected chi connectivity index (χ4v) is 3.15. The number of H-pyrrole nitrogens is 1. The number of amides is 1. The van der Waals surface area contributed by atoms with E-state index in [9.17, 15) is 9.59 Å². The van der Waals surface area contributed by atoms with Gasteiger partial charge in [-0.3, -0.25) is 24.4 Å². The average molecular weight is 300 g/mol. The predicted octanol–water partition coefficient (Wildman–Crippen LogP) is 1.65. The van der Waals surface area contributed by atoms with Crippen molar-refractivity contribution in [1.82, 2.24) is 19.7 Å². The van der Waals surface area contributed by atoms with E-state index in [1.807, 2.05) is 13.0 Å². The third-order valence-electron chi connectivity index (χ3n) is 4.26. The molecule has 0 saturated carbocycles. The molecule has 1 N–H and O–H groups in total. The second-order valence-electron chi connectivity index (χ2n) is 5.61. The number of rotatable bonds is 3. The second kappa shape index (κ2) is 5.79. The molecule has 0 aliphatic heterocycles. The molecule has 3 rings (SSSR count). The standard InChI is InChI=1S/C16H20N4O2/c1-3-20(16(22)12-10-14(21)19(2)18-12)13-8-4-6-11-7-5-9-17-15(11)13/h5,7,9-10,13,18H,3-4,6,8H2,1-2H3/t13-/m0/s1. The number of aromatic nitrogens is 3. The van der Waals surface area contributed by atoms with Crippen molar-refractivity contribution < 1.29 is 4.79 Å². The van der Waals surface area contributed by atoms with Gasteiger partial charge in [-0.25, -0.2) is 0 Å². The molecule has 2 heterocycles. The van der Waals surface area contributed by atoms with Gasteiger partial charge in [-0.1, -0.05) is 6.07 Å². The summed E-state index contributed by atoms with van der Waals surface area (Å²) in [4.78, 5) is 30.6. The first-order valence-corrected chi connectivity index (χ1v) is 7.62. The van der Waals surface area contributed by atoms with Crippen LogP contribution in [0, 0.1) is 0 Å². The Morgan fingerprint density at radius 3 is 3.05 bits per heavy atom. The van der Waals surface area contributed by atoms with Crippen molar-refractivity contribution in [2.24, 2.45) is 7.05 Å². The van der Waals surface area contributed by atoms with E-state index in [2.05, 4.69) is 16.1 Å². The number of nitrogens with one attached hydrogen (secondary N) is 1. The first-order chi connectivity index (χ1) is 10.6. The minimum absolute atomic E-state index is 0.0221. The van der Waals surface area contributed by atoms with Crippen molar-refractivity contribution in [3.8, 4) is 0 Å². The van der Waals surface area contributed by atoms with Gasteiger partial charge in [0.05, 0.1) is 11.7 Å². The number of hydrogen-bond donors (Lipinski definition) is 1. The summed E-state index contributed by atoms with van der Waals surface area (Å²) in [5, 5.41) is 2.81. The lowest BCUT2D eigenvalue weighted by atomic mass is 9.90. The van der Waals surface area contributed by atoms with E-state index in [0.29, 0.717) is 12.2 Å². The van der Waals surface area contributed by atoms with Crippen molar-refractivity contribution in [3.05, 3.63) is 51.7 Å². The van der Waals surface area contributed by atoms with Crippen molar-refractivity contribution in [2.45, 2.75) is 32.2 Å². The van der Waals surface area contributed by atoms with Crippen LogP contribution in [0.25, 0.3) is 0 Å². The summed E-state index contributed by atoms with van der Waals surface area (Å²) in [7, 11) is 1.60. The van der Waals surface area contributed by atoms with Gasteiger partial charge in [-0.05, 0) is 37.8 Å². The molecule has 1 aliphatic carbocycles. The maximum absolute atomic E-state index is 12.8. The second-order valence-corrected chi connectivity index (χ2v) is 5.61. The van der Waals surface area contributed by atoms with Gasteiger partial charge in [-0.15, -0.1) is 0 Å². The van der Waals surface area contributed by atoms with Gasteiger partial charge in [-0.2, -0.15) is 0 Å². The summed E-state index contributed by atoms with van der Waals surface area (Å²) in [5.41, 5.74) is 2.33. The van der Waals surface area contributed by atoms with E-state index in [1.165, 1.54) is 16.3 Å². The van der Waals surface area contributed by atoms with Crippen LogP contribution >= 0.6 is 0 Å². The molecule has 6 nitrogen and oxygen atoms in total. The molecule has 2 aromatic rings. The SMILES string of the molecule is CCN(C(=O)c1cc(=O)n(C)[nH]1)[C@H]1CCCc2cccnc21. The van der Waals surface area contributed by atoms with E-state index in [4.69, 9.17) is 0 Å². The largest absolute Gasteiger partial charge is 0.329 e. The van der Waals surface area contributed by atoms with Crippen molar-refractivity contribution in [1.29, 1.82) is 0 Å². The van der Waals surface area contributed by atoms with Crippen LogP contribution in [0.2, 0.25) is 0 Å². The van der Waals surface area contributed by atoms with Gasteiger partial charge in [0, 0.05) is 25.9 Å². The lowest BCUT2D eigenvalue weighted by Gasteiger charge is -2.34. The molecular weight excluding hydrogens is 280 g/mol. The molecule has 0 bridgehead atoms. The van der Waals surface area contributed by atoms with Crippen molar-refractivity contribution in [3.63, 3.8) is 0 Å². The molecule has 1 amide bonds. The zero-order valence-electron chi connectivity index (χ0n) is 12.9. The summed E-state index contributed by atoms with van der Waals surface area (Å²) < 4.78 is 1.31. The van der Waals surface area contributed by atoms with Gasteiger partial charge in [0.2, 0.25) is 0 Å². The highest BCUT2D eigenvalue weighted by atomic mass is 16.2. The van der Waals surface area contributed by atoms with E-state index >= 15 is 0 Å². The number of carbonyl (C=O) groups excluding carboxylic acids is 1. The zero-order chi connectivity index (χ0) is 15.7. The molecule has 0 spiro atoms. The topological polar surface area (TPSA) is 71.0 Å². The summed E-state index contributed by atoms with van der Waals surface area (Å²) in [6, 6.07) is 5.35. The molecule has 1 aliphatic rings. The highest BCUT2D eigenvalue weighted by molar-refractivity contribution is 5.92. The maximum Gasteiger partial charge on any atom is 0.272 e. The Balaban J connectivity index is 1.95. The van der Waals surface area contributed by atoms with Gasteiger partial charge < -0.3 is 4.90 Å².